The van der Waals surface area contributed by atoms with Crippen molar-refractivity contribution in [1.82, 2.24) is 15.0 Å². The zero-order chi connectivity index (χ0) is 10.8. The van der Waals surface area contributed by atoms with Crippen LogP contribution < -0.4 is 5.32 Å². The van der Waals surface area contributed by atoms with Gasteiger partial charge in [0.2, 0.25) is 0 Å². The Labute approximate surface area is 96.0 Å². The summed E-state index contributed by atoms with van der Waals surface area (Å²) in [6.45, 7) is 0. The van der Waals surface area contributed by atoms with E-state index in [9.17, 15) is 0 Å². The molecule has 1 aromatic carbocycles. The molecule has 0 aliphatic carbocycles. The van der Waals surface area contributed by atoms with Crippen LogP contribution >= 0.6 is 11.3 Å². The third-order valence-corrected chi connectivity index (χ3v) is 3.06. The molecule has 3 aromatic rings. The second-order valence-corrected chi connectivity index (χ2v) is 4.27. The van der Waals surface area contributed by atoms with Crippen LogP contribution in [0.1, 0.15) is 0 Å². The number of thiazole rings is 1. The molecule has 0 saturated heterocycles. The summed E-state index contributed by atoms with van der Waals surface area (Å²) in [4.78, 5) is 12.3. The number of para-hydroxylation sites is 1. The van der Waals surface area contributed by atoms with Crippen molar-refractivity contribution in [2.45, 2.75) is 0 Å². The molecule has 0 saturated carbocycles. The van der Waals surface area contributed by atoms with Crippen molar-refractivity contribution in [3.8, 4) is 0 Å². The Morgan fingerprint density at radius 1 is 1.06 bits per heavy atom. The lowest BCUT2D eigenvalue weighted by atomic mass is 10.3. The van der Waals surface area contributed by atoms with E-state index in [1.807, 2.05) is 18.2 Å². The number of nitrogens with one attached hydrogen (secondary N) is 1. The summed E-state index contributed by atoms with van der Waals surface area (Å²) in [6.07, 6.45) is 4.95. The van der Waals surface area contributed by atoms with E-state index in [-0.39, 0.29) is 0 Å². The van der Waals surface area contributed by atoms with Crippen molar-refractivity contribution >= 4 is 32.4 Å². The van der Waals surface area contributed by atoms with Crippen LogP contribution in [0.2, 0.25) is 0 Å². The van der Waals surface area contributed by atoms with Crippen LogP contribution in [0.4, 0.5) is 10.8 Å². The highest BCUT2D eigenvalue weighted by Crippen LogP contribution is 2.27. The number of nitrogens with zero attached hydrogens (tertiary/aromatic N) is 3. The molecular weight excluding hydrogens is 220 g/mol. The molecule has 2 aromatic heterocycles. The first-order chi connectivity index (χ1) is 7.92. The summed E-state index contributed by atoms with van der Waals surface area (Å²) in [7, 11) is 0. The van der Waals surface area contributed by atoms with Crippen LogP contribution in [-0.4, -0.2) is 15.0 Å². The molecular formula is C11H8N4S. The van der Waals surface area contributed by atoms with E-state index in [0.29, 0.717) is 0 Å². The molecule has 0 radical (unpaired) electrons. The molecule has 0 amide bonds. The van der Waals surface area contributed by atoms with E-state index < -0.39 is 0 Å². The molecule has 0 aliphatic heterocycles. The highest BCUT2D eigenvalue weighted by molar-refractivity contribution is 7.22. The molecule has 5 heteroatoms. The first-order valence-corrected chi connectivity index (χ1v) is 5.61. The van der Waals surface area contributed by atoms with Crippen LogP contribution in [0.3, 0.4) is 0 Å². The fraction of sp³-hybridized carbons (Fsp3) is 0. The molecule has 0 atom stereocenters. The minimum Gasteiger partial charge on any atom is -0.329 e. The van der Waals surface area contributed by atoms with Crippen LogP contribution in [0.15, 0.2) is 43.0 Å². The largest absolute Gasteiger partial charge is 0.329 e. The summed E-state index contributed by atoms with van der Waals surface area (Å²) < 4.78 is 1.17. The highest BCUT2D eigenvalue weighted by Gasteiger charge is 2.02. The van der Waals surface area contributed by atoms with Gasteiger partial charge in [0, 0.05) is 0 Å². The van der Waals surface area contributed by atoms with Crippen molar-refractivity contribution < 1.29 is 0 Å². The summed E-state index contributed by atoms with van der Waals surface area (Å²) in [5, 5.41) is 4.03. The van der Waals surface area contributed by atoms with Gasteiger partial charge in [-0.05, 0) is 12.1 Å². The van der Waals surface area contributed by atoms with E-state index >= 15 is 0 Å². The summed E-state index contributed by atoms with van der Waals surface area (Å²) in [5.74, 6) is 0. The third-order valence-electron chi connectivity index (χ3n) is 2.11. The molecule has 16 heavy (non-hydrogen) atoms. The molecule has 0 aliphatic rings. The number of aromatic nitrogens is 3. The summed E-state index contributed by atoms with van der Waals surface area (Å²) in [5.41, 5.74) is 1.86. The van der Waals surface area contributed by atoms with Crippen molar-refractivity contribution in [3.63, 3.8) is 0 Å². The van der Waals surface area contributed by atoms with Crippen molar-refractivity contribution in [1.29, 1.82) is 0 Å². The maximum Gasteiger partial charge on any atom is 0.188 e. The van der Waals surface area contributed by atoms with Gasteiger partial charge in [0.15, 0.2) is 5.13 Å². The van der Waals surface area contributed by atoms with E-state index in [2.05, 4.69) is 26.3 Å². The molecule has 1 N–H and O–H groups in total. The summed E-state index contributed by atoms with van der Waals surface area (Å²) >= 11 is 1.61. The van der Waals surface area contributed by atoms with Crippen molar-refractivity contribution in [3.05, 3.63) is 43.0 Å². The highest BCUT2D eigenvalue weighted by atomic mass is 32.1. The zero-order valence-corrected chi connectivity index (χ0v) is 9.11. The lowest BCUT2D eigenvalue weighted by molar-refractivity contribution is 1.17. The minimum absolute atomic E-state index is 0.849. The van der Waals surface area contributed by atoms with Gasteiger partial charge >= 0.3 is 0 Å². The Hall–Kier alpha value is -2.01. The molecule has 0 bridgehead atoms. The van der Waals surface area contributed by atoms with Gasteiger partial charge in [0.1, 0.15) is 6.33 Å². The summed E-state index contributed by atoms with van der Waals surface area (Å²) in [6, 6.07) is 8.05. The Balaban J connectivity index is 1.95. The average molecular weight is 228 g/mol. The van der Waals surface area contributed by atoms with E-state index in [0.717, 1.165) is 16.3 Å². The normalized spacial score (nSPS) is 10.5. The minimum atomic E-state index is 0.849. The Kier molecular flexibility index (Phi) is 2.23. The van der Waals surface area contributed by atoms with Gasteiger partial charge in [-0.1, -0.05) is 23.5 Å². The SMILES string of the molecule is c1ccc2sc(Nc3cncnc3)nc2c1. The second-order valence-electron chi connectivity index (χ2n) is 3.24. The van der Waals surface area contributed by atoms with Gasteiger partial charge in [-0.2, -0.15) is 0 Å². The quantitative estimate of drug-likeness (QED) is 0.732. The maximum absolute atomic E-state index is 4.46. The fourth-order valence-corrected chi connectivity index (χ4v) is 2.30. The van der Waals surface area contributed by atoms with Gasteiger partial charge in [-0.3, -0.25) is 0 Å². The zero-order valence-electron chi connectivity index (χ0n) is 8.29. The van der Waals surface area contributed by atoms with Gasteiger partial charge < -0.3 is 5.32 Å². The number of anilines is 2. The molecule has 4 nitrogen and oxygen atoms in total. The Bertz CT molecular complexity index is 572. The smallest absolute Gasteiger partial charge is 0.188 e. The third kappa shape index (κ3) is 1.72. The molecule has 2 heterocycles. The van der Waals surface area contributed by atoms with Gasteiger partial charge in [-0.25, -0.2) is 15.0 Å². The Morgan fingerprint density at radius 3 is 2.69 bits per heavy atom. The van der Waals surface area contributed by atoms with Crippen LogP contribution in [0.5, 0.6) is 0 Å². The first kappa shape index (κ1) is 9.23. The van der Waals surface area contributed by atoms with E-state index in [4.69, 9.17) is 0 Å². The Morgan fingerprint density at radius 2 is 1.88 bits per heavy atom. The van der Waals surface area contributed by atoms with Gasteiger partial charge in [0.25, 0.3) is 0 Å². The van der Waals surface area contributed by atoms with Crippen LogP contribution in [0.25, 0.3) is 10.2 Å². The maximum atomic E-state index is 4.46. The van der Waals surface area contributed by atoms with Crippen LogP contribution in [0, 0.1) is 0 Å². The number of fused-ring (bicyclic) bond motifs is 1. The van der Waals surface area contributed by atoms with Crippen LogP contribution in [-0.2, 0) is 0 Å². The molecule has 0 unspecified atom stereocenters. The molecule has 3 rings (SSSR count). The predicted octanol–water partition coefficient (Wildman–Crippen LogP) is 2.83. The van der Waals surface area contributed by atoms with Crippen molar-refractivity contribution in [2.75, 3.05) is 5.32 Å². The van der Waals surface area contributed by atoms with Gasteiger partial charge in [0.05, 0.1) is 28.3 Å². The lowest BCUT2D eigenvalue weighted by Crippen LogP contribution is -1.90. The van der Waals surface area contributed by atoms with E-state index in [1.54, 1.807) is 23.7 Å². The van der Waals surface area contributed by atoms with E-state index in [1.165, 1.54) is 11.0 Å². The topological polar surface area (TPSA) is 50.7 Å². The second kappa shape index (κ2) is 3.86. The lowest BCUT2D eigenvalue weighted by Gasteiger charge is -1.98. The number of hydrogen-bond donors (Lipinski definition) is 1. The number of rotatable bonds is 2. The van der Waals surface area contributed by atoms with Gasteiger partial charge in [-0.15, -0.1) is 0 Å². The molecule has 78 valence electrons. The number of benzene rings is 1. The standard InChI is InChI=1S/C11H8N4S/c1-2-4-10-9(3-1)15-11(16-10)14-8-5-12-7-13-6-8/h1-7H,(H,14,15). The monoisotopic (exact) mass is 228 g/mol. The fourth-order valence-electron chi connectivity index (χ4n) is 1.41. The first-order valence-electron chi connectivity index (χ1n) is 4.79. The average Bonchev–Trinajstić information content (AvgIpc) is 2.72. The van der Waals surface area contributed by atoms with Crippen molar-refractivity contribution in [2.24, 2.45) is 0 Å². The molecule has 0 spiro atoms. The molecule has 0 fully saturated rings. The number of hydrogen-bond acceptors (Lipinski definition) is 5. The predicted molar refractivity (Wildman–Crippen MR) is 64.9 cm³/mol.